The molecule has 0 aromatic heterocycles. The van der Waals surface area contributed by atoms with Gasteiger partial charge in [-0.3, -0.25) is 4.99 Å². The van der Waals surface area contributed by atoms with Crippen molar-refractivity contribution in [3.05, 3.63) is 35.6 Å². The Morgan fingerprint density at radius 1 is 1.41 bits per heavy atom. The molecule has 3 nitrogen and oxygen atoms in total. The van der Waals surface area contributed by atoms with E-state index in [4.69, 9.17) is 0 Å². The number of nitrogens with zero attached hydrogens (tertiary/aromatic N) is 1. The van der Waals surface area contributed by atoms with Gasteiger partial charge in [0, 0.05) is 25.4 Å². The summed E-state index contributed by atoms with van der Waals surface area (Å²) in [5.74, 6) is 1.99. The van der Waals surface area contributed by atoms with Crippen molar-refractivity contribution in [2.24, 2.45) is 4.99 Å². The lowest BCUT2D eigenvalue weighted by Crippen LogP contribution is -2.40. The summed E-state index contributed by atoms with van der Waals surface area (Å²) >= 11 is 2.04. The minimum Gasteiger partial charge on any atom is -0.356 e. The third-order valence-corrected chi connectivity index (χ3v) is 4.97. The third-order valence-electron chi connectivity index (χ3n) is 3.57. The molecular formula is C16H25FIN3S. The molecule has 22 heavy (non-hydrogen) atoms. The number of aliphatic imine (C=N–C) groups is 1. The number of hydrogen-bond donors (Lipinski definition) is 2. The molecule has 1 saturated heterocycles. The molecule has 6 heteroatoms. The first-order valence-electron chi connectivity index (χ1n) is 7.58. The van der Waals surface area contributed by atoms with Gasteiger partial charge in [-0.2, -0.15) is 11.8 Å². The molecule has 1 aromatic rings. The van der Waals surface area contributed by atoms with Crippen molar-refractivity contribution >= 4 is 41.7 Å². The van der Waals surface area contributed by atoms with Crippen LogP contribution >= 0.6 is 35.7 Å². The lowest BCUT2D eigenvalue weighted by molar-refractivity contribution is 0.624. The summed E-state index contributed by atoms with van der Waals surface area (Å²) in [5.41, 5.74) is 1.04. The molecule has 1 aliphatic heterocycles. The van der Waals surface area contributed by atoms with E-state index in [1.54, 1.807) is 19.2 Å². The number of thioether (sulfide) groups is 1. The second kappa shape index (κ2) is 11.1. The molecular weight excluding hydrogens is 412 g/mol. The molecule has 0 radical (unpaired) electrons. The maximum absolute atomic E-state index is 13.1. The first kappa shape index (κ1) is 19.5. The van der Waals surface area contributed by atoms with Crippen LogP contribution < -0.4 is 10.6 Å². The van der Waals surface area contributed by atoms with Crippen LogP contribution in [0.2, 0.25) is 0 Å². The van der Waals surface area contributed by atoms with Gasteiger partial charge in [-0.1, -0.05) is 12.1 Å². The highest BCUT2D eigenvalue weighted by molar-refractivity contribution is 14.0. The van der Waals surface area contributed by atoms with Gasteiger partial charge in [-0.25, -0.2) is 4.39 Å². The zero-order valence-electron chi connectivity index (χ0n) is 13.0. The molecule has 1 aliphatic rings. The van der Waals surface area contributed by atoms with Crippen LogP contribution in [0.15, 0.2) is 29.3 Å². The largest absolute Gasteiger partial charge is 0.356 e. The number of rotatable bonds is 6. The Morgan fingerprint density at radius 2 is 2.27 bits per heavy atom. The van der Waals surface area contributed by atoms with E-state index in [0.717, 1.165) is 42.7 Å². The van der Waals surface area contributed by atoms with Crippen molar-refractivity contribution in [1.82, 2.24) is 10.6 Å². The van der Waals surface area contributed by atoms with Crippen molar-refractivity contribution in [3.8, 4) is 0 Å². The van der Waals surface area contributed by atoms with Gasteiger partial charge in [-0.05, 0) is 49.1 Å². The fourth-order valence-corrected chi connectivity index (χ4v) is 3.63. The number of benzene rings is 1. The summed E-state index contributed by atoms with van der Waals surface area (Å²) in [6.07, 6.45) is 4.47. The number of halogens is 2. The van der Waals surface area contributed by atoms with E-state index in [-0.39, 0.29) is 29.8 Å². The predicted octanol–water partition coefficient (Wildman–Crippen LogP) is 3.44. The molecule has 0 aliphatic carbocycles. The lowest BCUT2D eigenvalue weighted by atomic mass is 10.1. The normalized spacial score (nSPS) is 17.9. The van der Waals surface area contributed by atoms with Crippen molar-refractivity contribution in [1.29, 1.82) is 0 Å². The van der Waals surface area contributed by atoms with Gasteiger partial charge in [0.05, 0.1) is 0 Å². The van der Waals surface area contributed by atoms with E-state index in [2.05, 4.69) is 15.6 Å². The van der Waals surface area contributed by atoms with E-state index in [1.165, 1.54) is 24.7 Å². The van der Waals surface area contributed by atoms with Crippen molar-refractivity contribution < 1.29 is 4.39 Å². The Labute approximate surface area is 154 Å². The van der Waals surface area contributed by atoms with Crippen LogP contribution in [0, 0.1) is 5.82 Å². The Hall–Kier alpha value is -0.500. The van der Waals surface area contributed by atoms with Crippen LogP contribution in [0.25, 0.3) is 0 Å². The first-order chi connectivity index (χ1) is 10.3. The number of hydrogen-bond acceptors (Lipinski definition) is 2. The van der Waals surface area contributed by atoms with Crippen LogP contribution in [-0.4, -0.2) is 37.1 Å². The van der Waals surface area contributed by atoms with Crippen LogP contribution in [0.1, 0.15) is 24.8 Å². The Bertz CT molecular complexity index is 464. The first-order valence-corrected chi connectivity index (χ1v) is 8.63. The standard InChI is InChI=1S/C16H24FN3S.HI/c1-18-16(20-12-15-8-4-10-21-15)19-9-3-6-13-5-2-7-14(17)11-13;/h2,5,7,11,15H,3-4,6,8-10,12H2,1H3,(H2,18,19,20);1H. The van der Waals surface area contributed by atoms with Gasteiger partial charge >= 0.3 is 0 Å². The van der Waals surface area contributed by atoms with E-state index in [0.29, 0.717) is 0 Å². The quantitative estimate of drug-likeness (QED) is 0.310. The van der Waals surface area contributed by atoms with Gasteiger partial charge in [0.2, 0.25) is 0 Å². The average Bonchev–Trinajstić information content (AvgIpc) is 3.00. The number of nitrogens with one attached hydrogen (secondary N) is 2. The molecule has 2 rings (SSSR count). The van der Waals surface area contributed by atoms with Crippen molar-refractivity contribution in [2.45, 2.75) is 30.9 Å². The maximum Gasteiger partial charge on any atom is 0.191 e. The van der Waals surface area contributed by atoms with Gasteiger partial charge in [0.1, 0.15) is 5.82 Å². The SMILES string of the molecule is CN=C(NCCCc1cccc(F)c1)NCC1CCCS1.I. The summed E-state index contributed by atoms with van der Waals surface area (Å²) in [5, 5.41) is 7.41. The molecule has 0 amide bonds. The van der Waals surface area contributed by atoms with E-state index in [1.807, 2.05) is 17.8 Å². The van der Waals surface area contributed by atoms with E-state index >= 15 is 0 Å². The lowest BCUT2D eigenvalue weighted by Gasteiger charge is -2.14. The van der Waals surface area contributed by atoms with Crippen LogP contribution in [-0.2, 0) is 6.42 Å². The molecule has 1 aromatic carbocycles. The highest BCUT2D eigenvalue weighted by Crippen LogP contribution is 2.25. The Morgan fingerprint density at radius 3 is 2.95 bits per heavy atom. The Kier molecular flexibility index (Phi) is 9.86. The third kappa shape index (κ3) is 7.17. The highest BCUT2D eigenvalue weighted by atomic mass is 127. The molecule has 1 unspecified atom stereocenters. The predicted molar refractivity (Wildman–Crippen MR) is 105 cm³/mol. The minimum absolute atomic E-state index is 0. The number of guanidine groups is 1. The fourth-order valence-electron chi connectivity index (χ4n) is 2.43. The highest BCUT2D eigenvalue weighted by Gasteiger charge is 2.15. The van der Waals surface area contributed by atoms with Crippen LogP contribution in [0.5, 0.6) is 0 Å². The molecule has 124 valence electrons. The topological polar surface area (TPSA) is 36.4 Å². The van der Waals surface area contributed by atoms with Gasteiger partial charge in [-0.15, -0.1) is 24.0 Å². The van der Waals surface area contributed by atoms with E-state index in [9.17, 15) is 4.39 Å². The summed E-state index contributed by atoms with van der Waals surface area (Å²) < 4.78 is 13.1. The monoisotopic (exact) mass is 437 g/mol. The smallest absolute Gasteiger partial charge is 0.191 e. The molecule has 1 atom stereocenters. The second-order valence-electron chi connectivity index (χ2n) is 5.25. The van der Waals surface area contributed by atoms with Crippen LogP contribution in [0.4, 0.5) is 4.39 Å². The van der Waals surface area contributed by atoms with Crippen molar-refractivity contribution in [3.63, 3.8) is 0 Å². The van der Waals surface area contributed by atoms with Gasteiger partial charge in [0.15, 0.2) is 5.96 Å². The summed E-state index contributed by atoms with van der Waals surface area (Å²) in [7, 11) is 1.80. The summed E-state index contributed by atoms with van der Waals surface area (Å²) in [6.45, 7) is 1.82. The molecule has 2 N–H and O–H groups in total. The maximum atomic E-state index is 13.1. The summed E-state index contributed by atoms with van der Waals surface area (Å²) in [6, 6.07) is 6.81. The Balaban J connectivity index is 0.00000242. The van der Waals surface area contributed by atoms with Gasteiger partial charge in [0.25, 0.3) is 0 Å². The zero-order valence-corrected chi connectivity index (χ0v) is 16.1. The number of aryl methyl sites for hydroxylation is 1. The molecule has 0 bridgehead atoms. The molecule has 0 saturated carbocycles. The van der Waals surface area contributed by atoms with E-state index < -0.39 is 0 Å². The zero-order chi connectivity index (χ0) is 14.9. The van der Waals surface area contributed by atoms with Crippen molar-refractivity contribution in [2.75, 3.05) is 25.9 Å². The average molecular weight is 437 g/mol. The minimum atomic E-state index is -0.160. The molecule has 1 heterocycles. The van der Waals surface area contributed by atoms with Gasteiger partial charge < -0.3 is 10.6 Å². The molecule has 0 spiro atoms. The van der Waals surface area contributed by atoms with Crippen LogP contribution in [0.3, 0.4) is 0 Å². The fraction of sp³-hybridized carbons (Fsp3) is 0.562. The molecule has 1 fully saturated rings. The second-order valence-corrected chi connectivity index (χ2v) is 6.66. The summed E-state index contributed by atoms with van der Waals surface area (Å²) in [4.78, 5) is 4.23.